The highest BCUT2D eigenvalue weighted by Crippen LogP contribution is 2.28. The molecule has 0 aliphatic carbocycles. The topological polar surface area (TPSA) is 73.0 Å². The maximum Gasteiger partial charge on any atom is 0.417 e. The molecule has 0 spiro atoms. The summed E-state index contributed by atoms with van der Waals surface area (Å²) < 4.78 is 40.6. The first-order valence-corrected chi connectivity index (χ1v) is 9.34. The van der Waals surface area contributed by atoms with Crippen molar-refractivity contribution >= 4 is 5.91 Å². The molecule has 1 fully saturated rings. The molecule has 1 saturated heterocycles. The second-order valence-corrected chi connectivity index (χ2v) is 7.20. The van der Waals surface area contributed by atoms with Crippen LogP contribution in [0.5, 0.6) is 0 Å². The fraction of sp³-hybridized carbons (Fsp3) is 0.556. The van der Waals surface area contributed by atoms with E-state index in [1.54, 1.807) is 4.90 Å². The van der Waals surface area contributed by atoms with Crippen LogP contribution in [-0.4, -0.2) is 43.2 Å². The van der Waals surface area contributed by atoms with Crippen molar-refractivity contribution in [1.29, 1.82) is 0 Å². The van der Waals surface area contributed by atoms with E-state index >= 15 is 0 Å². The third-order valence-electron chi connectivity index (χ3n) is 5.30. The van der Waals surface area contributed by atoms with Crippen molar-refractivity contribution in [1.82, 2.24) is 24.2 Å². The Bertz CT molecular complexity index is 926. The normalized spacial score (nSPS) is 19.7. The van der Waals surface area contributed by atoms with Gasteiger partial charge in [0.1, 0.15) is 11.9 Å². The molecule has 1 atom stereocenters. The number of hydrogen-bond donors (Lipinski definition) is 0. The molecular formula is C18H20F3N5O2. The molecule has 4 rings (SSSR count). The van der Waals surface area contributed by atoms with Crippen molar-refractivity contribution in [2.24, 2.45) is 0 Å². The maximum atomic E-state index is 12.9. The molecule has 4 heterocycles. The van der Waals surface area contributed by atoms with E-state index < -0.39 is 23.5 Å². The fourth-order valence-electron chi connectivity index (χ4n) is 3.86. The van der Waals surface area contributed by atoms with Crippen LogP contribution in [0.4, 0.5) is 13.2 Å². The number of likely N-dealkylation sites (tertiary alicyclic amines) is 1. The van der Waals surface area contributed by atoms with Crippen molar-refractivity contribution in [3.05, 3.63) is 45.9 Å². The molecule has 2 aromatic rings. The van der Waals surface area contributed by atoms with Crippen LogP contribution in [0.1, 0.15) is 48.8 Å². The standard InChI is InChI=1S/C18H20F3N5O2/c19-18(20,21)12-6-7-13(22-10-12)11-25-17(28)26-14(4-3-5-15(26)23-25)16(27)24-8-1-2-9-24/h6-7,10,14H,1-5,8-9,11H2/t14-/m1/s1. The molecule has 0 saturated carbocycles. The zero-order valence-electron chi connectivity index (χ0n) is 15.2. The lowest BCUT2D eigenvalue weighted by Gasteiger charge is -2.27. The van der Waals surface area contributed by atoms with Gasteiger partial charge in [0.15, 0.2) is 0 Å². The third-order valence-corrected chi connectivity index (χ3v) is 5.30. The first-order valence-electron chi connectivity index (χ1n) is 9.34. The van der Waals surface area contributed by atoms with E-state index in [4.69, 9.17) is 0 Å². The number of carbonyl (C=O) groups is 1. The smallest absolute Gasteiger partial charge is 0.341 e. The predicted molar refractivity (Wildman–Crippen MR) is 92.6 cm³/mol. The van der Waals surface area contributed by atoms with E-state index in [1.165, 1.54) is 15.3 Å². The third kappa shape index (κ3) is 3.43. The van der Waals surface area contributed by atoms with Gasteiger partial charge in [-0.1, -0.05) is 0 Å². The summed E-state index contributed by atoms with van der Waals surface area (Å²) in [5, 5.41) is 4.31. The number of aromatic nitrogens is 4. The molecule has 0 bridgehead atoms. The van der Waals surface area contributed by atoms with Gasteiger partial charge in [-0.05, 0) is 37.8 Å². The van der Waals surface area contributed by atoms with E-state index in [-0.39, 0.29) is 12.5 Å². The van der Waals surface area contributed by atoms with E-state index in [1.807, 2.05) is 0 Å². The zero-order chi connectivity index (χ0) is 19.9. The number of carbonyl (C=O) groups excluding carboxylic acids is 1. The van der Waals surface area contributed by atoms with Gasteiger partial charge in [0.05, 0.1) is 17.8 Å². The van der Waals surface area contributed by atoms with Gasteiger partial charge in [-0.25, -0.2) is 9.48 Å². The molecule has 0 unspecified atom stereocenters. The summed E-state index contributed by atoms with van der Waals surface area (Å²) in [6.07, 6.45) is 0.172. The van der Waals surface area contributed by atoms with Crippen molar-refractivity contribution < 1.29 is 18.0 Å². The molecule has 2 aliphatic rings. The summed E-state index contributed by atoms with van der Waals surface area (Å²) in [6.45, 7) is 1.38. The van der Waals surface area contributed by atoms with Crippen LogP contribution >= 0.6 is 0 Å². The van der Waals surface area contributed by atoms with Gasteiger partial charge in [-0.15, -0.1) is 0 Å². The van der Waals surface area contributed by atoms with E-state index in [0.29, 0.717) is 37.4 Å². The molecule has 7 nitrogen and oxygen atoms in total. The quantitative estimate of drug-likeness (QED) is 0.797. The van der Waals surface area contributed by atoms with Crippen LogP contribution in [0.15, 0.2) is 23.1 Å². The largest absolute Gasteiger partial charge is 0.417 e. The molecule has 150 valence electrons. The van der Waals surface area contributed by atoms with Crippen LogP contribution in [-0.2, 0) is 23.9 Å². The Morgan fingerprint density at radius 3 is 2.57 bits per heavy atom. The number of pyridine rings is 1. The number of rotatable bonds is 3. The zero-order valence-corrected chi connectivity index (χ0v) is 15.2. The second kappa shape index (κ2) is 7.06. The van der Waals surface area contributed by atoms with Crippen molar-refractivity contribution in [3.63, 3.8) is 0 Å². The molecule has 2 aliphatic heterocycles. The van der Waals surface area contributed by atoms with Crippen molar-refractivity contribution in [2.45, 2.75) is 50.9 Å². The highest BCUT2D eigenvalue weighted by Gasteiger charge is 2.34. The number of amides is 1. The lowest BCUT2D eigenvalue weighted by molar-refractivity contribution is -0.138. The molecule has 10 heteroatoms. The minimum absolute atomic E-state index is 0.0401. The Morgan fingerprint density at radius 2 is 1.93 bits per heavy atom. The summed E-state index contributed by atoms with van der Waals surface area (Å²) >= 11 is 0. The minimum Gasteiger partial charge on any atom is -0.341 e. The average molecular weight is 395 g/mol. The van der Waals surface area contributed by atoms with E-state index in [9.17, 15) is 22.8 Å². The van der Waals surface area contributed by atoms with Crippen LogP contribution < -0.4 is 5.69 Å². The van der Waals surface area contributed by atoms with Gasteiger partial charge in [0, 0.05) is 25.7 Å². The summed E-state index contributed by atoms with van der Waals surface area (Å²) in [6, 6.07) is 1.62. The number of fused-ring (bicyclic) bond motifs is 1. The number of hydrogen-bond acceptors (Lipinski definition) is 4. The molecule has 0 N–H and O–H groups in total. The van der Waals surface area contributed by atoms with Gasteiger partial charge in [0.2, 0.25) is 5.91 Å². The van der Waals surface area contributed by atoms with Crippen molar-refractivity contribution in [2.75, 3.05) is 13.1 Å². The van der Waals surface area contributed by atoms with Crippen LogP contribution in [0.2, 0.25) is 0 Å². The lowest BCUT2D eigenvalue weighted by Crippen LogP contribution is -2.41. The highest BCUT2D eigenvalue weighted by atomic mass is 19.4. The minimum atomic E-state index is -4.46. The molecule has 0 aromatic carbocycles. The molecule has 2 aromatic heterocycles. The lowest BCUT2D eigenvalue weighted by atomic mass is 10.0. The van der Waals surface area contributed by atoms with Gasteiger partial charge >= 0.3 is 11.9 Å². The Balaban J connectivity index is 1.59. The van der Waals surface area contributed by atoms with Crippen molar-refractivity contribution in [3.8, 4) is 0 Å². The Kier molecular flexibility index (Phi) is 4.72. The van der Waals surface area contributed by atoms with Gasteiger partial charge in [-0.2, -0.15) is 18.3 Å². The predicted octanol–water partition coefficient (Wildman–Crippen LogP) is 2.01. The molecule has 28 heavy (non-hydrogen) atoms. The van der Waals surface area contributed by atoms with Crippen LogP contribution in [0, 0.1) is 0 Å². The average Bonchev–Trinajstić information content (AvgIpc) is 3.30. The highest BCUT2D eigenvalue weighted by molar-refractivity contribution is 5.80. The van der Waals surface area contributed by atoms with E-state index in [0.717, 1.165) is 31.5 Å². The number of aryl methyl sites for hydroxylation is 1. The SMILES string of the molecule is O=C([C@H]1CCCc2nn(Cc3ccc(C(F)(F)F)cn3)c(=O)n21)N1CCCC1. The number of alkyl halides is 3. The molecule has 1 amide bonds. The van der Waals surface area contributed by atoms with Gasteiger partial charge in [-0.3, -0.25) is 14.3 Å². The second-order valence-electron chi connectivity index (χ2n) is 7.20. The molecular weight excluding hydrogens is 375 g/mol. The Labute approximate surface area is 158 Å². The Hall–Kier alpha value is -2.65. The molecule has 0 radical (unpaired) electrons. The van der Waals surface area contributed by atoms with Gasteiger partial charge < -0.3 is 4.90 Å². The van der Waals surface area contributed by atoms with E-state index in [2.05, 4.69) is 10.1 Å². The summed E-state index contributed by atoms with van der Waals surface area (Å²) in [5.74, 6) is 0.494. The van der Waals surface area contributed by atoms with Crippen LogP contribution in [0.25, 0.3) is 0 Å². The monoisotopic (exact) mass is 395 g/mol. The first-order chi connectivity index (χ1) is 13.3. The fourth-order valence-corrected chi connectivity index (χ4v) is 3.86. The Morgan fingerprint density at radius 1 is 1.18 bits per heavy atom. The summed E-state index contributed by atoms with van der Waals surface area (Å²) in [4.78, 5) is 31.3. The summed E-state index contributed by atoms with van der Waals surface area (Å²) in [7, 11) is 0. The number of nitrogens with zero attached hydrogens (tertiary/aromatic N) is 5. The van der Waals surface area contributed by atoms with Crippen LogP contribution in [0.3, 0.4) is 0 Å². The maximum absolute atomic E-state index is 12.9. The first kappa shape index (κ1) is 18.7. The van der Waals surface area contributed by atoms with Gasteiger partial charge in [0.25, 0.3) is 0 Å². The summed E-state index contributed by atoms with van der Waals surface area (Å²) in [5.41, 5.74) is -0.967. The number of halogens is 3.